The van der Waals surface area contributed by atoms with E-state index in [9.17, 15) is 9.90 Å². The number of ether oxygens (including phenoxy) is 1. The highest BCUT2D eigenvalue weighted by Gasteiger charge is 2.52. The maximum absolute atomic E-state index is 12.7. The van der Waals surface area contributed by atoms with Crippen LogP contribution in [0.4, 0.5) is 0 Å². The number of hydrogen-bond donors (Lipinski definition) is 3. The molecule has 29 heavy (non-hydrogen) atoms. The number of furan rings is 1. The number of para-hydroxylation sites is 1. The number of rotatable bonds is 6. The van der Waals surface area contributed by atoms with Gasteiger partial charge in [0.2, 0.25) is 0 Å². The van der Waals surface area contributed by atoms with Crippen molar-refractivity contribution in [1.82, 2.24) is 5.32 Å². The first-order valence-corrected chi connectivity index (χ1v) is 10.6. The second-order valence-corrected chi connectivity index (χ2v) is 8.37. The normalized spacial score (nSPS) is 29.1. The van der Waals surface area contributed by atoms with E-state index < -0.39 is 5.60 Å². The Morgan fingerprint density at radius 1 is 1.28 bits per heavy atom. The average molecular weight is 400 g/mol. The summed E-state index contributed by atoms with van der Waals surface area (Å²) in [4.78, 5) is 13.9. The molecular weight excluding hydrogens is 368 g/mol. The Kier molecular flexibility index (Phi) is 5.92. The topological polar surface area (TPSA) is 76.1 Å². The Morgan fingerprint density at radius 2 is 2.14 bits per heavy atom. The van der Waals surface area contributed by atoms with E-state index in [2.05, 4.69) is 11.4 Å². The molecule has 6 nitrogen and oxygen atoms in total. The highest BCUT2D eigenvalue weighted by atomic mass is 16.5. The molecule has 3 N–H and O–H groups in total. The van der Waals surface area contributed by atoms with Crippen LogP contribution >= 0.6 is 0 Å². The van der Waals surface area contributed by atoms with Crippen LogP contribution in [0.3, 0.4) is 0 Å². The van der Waals surface area contributed by atoms with E-state index in [0.29, 0.717) is 13.1 Å². The molecule has 4 rings (SSSR count). The van der Waals surface area contributed by atoms with Crippen LogP contribution < -0.4 is 15.0 Å². The number of fused-ring (bicyclic) bond motifs is 1. The molecule has 1 saturated heterocycles. The second kappa shape index (κ2) is 8.59. The lowest BCUT2D eigenvalue weighted by atomic mass is 9.66. The van der Waals surface area contributed by atoms with Gasteiger partial charge in [0.1, 0.15) is 17.6 Å². The predicted molar refractivity (Wildman–Crippen MR) is 109 cm³/mol. The van der Waals surface area contributed by atoms with E-state index in [1.165, 1.54) is 4.90 Å². The summed E-state index contributed by atoms with van der Waals surface area (Å²) in [6.45, 7) is 1.53. The number of methoxy groups -OCH3 is 1. The molecule has 2 heterocycles. The fourth-order valence-corrected chi connectivity index (χ4v) is 5.28. The van der Waals surface area contributed by atoms with Crippen LogP contribution in [0.2, 0.25) is 0 Å². The minimum atomic E-state index is -0.641. The summed E-state index contributed by atoms with van der Waals surface area (Å²) >= 11 is 0. The van der Waals surface area contributed by atoms with E-state index >= 15 is 0 Å². The monoisotopic (exact) mass is 399 g/mol. The van der Waals surface area contributed by atoms with Crippen molar-refractivity contribution in [2.75, 3.05) is 20.2 Å². The molecule has 1 saturated carbocycles. The molecule has 1 aromatic heterocycles. The van der Waals surface area contributed by atoms with Gasteiger partial charge in [-0.25, -0.2) is 0 Å². The number of aliphatic hydroxyl groups is 1. The summed E-state index contributed by atoms with van der Waals surface area (Å²) in [5, 5.41) is 14.4. The van der Waals surface area contributed by atoms with Crippen LogP contribution in [0.1, 0.15) is 49.5 Å². The summed E-state index contributed by atoms with van der Waals surface area (Å²) < 4.78 is 11.0. The van der Waals surface area contributed by atoms with Crippen LogP contribution in [0.5, 0.6) is 5.75 Å². The molecule has 2 aromatic rings. The Hall–Kier alpha value is -2.31. The molecule has 0 bridgehead atoms. The van der Waals surface area contributed by atoms with Crippen LogP contribution in [0.15, 0.2) is 47.1 Å². The molecule has 4 atom stereocenters. The molecule has 2 aliphatic rings. The molecule has 2 fully saturated rings. The smallest absolute Gasteiger partial charge is 0.275 e. The van der Waals surface area contributed by atoms with E-state index in [1.54, 1.807) is 13.4 Å². The zero-order valence-corrected chi connectivity index (χ0v) is 17.0. The third kappa shape index (κ3) is 4.19. The molecule has 1 amide bonds. The molecule has 1 aromatic carbocycles. The van der Waals surface area contributed by atoms with Crippen molar-refractivity contribution in [2.24, 2.45) is 5.92 Å². The van der Waals surface area contributed by atoms with Gasteiger partial charge in [0.05, 0.1) is 37.6 Å². The molecule has 0 spiro atoms. The minimum absolute atomic E-state index is 0.00227. The van der Waals surface area contributed by atoms with Crippen molar-refractivity contribution in [1.29, 1.82) is 0 Å². The van der Waals surface area contributed by atoms with Gasteiger partial charge in [0.15, 0.2) is 6.54 Å². The number of likely N-dealkylation sites (tertiary alicyclic amines) is 1. The Balaban J connectivity index is 1.56. The van der Waals surface area contributed by atoms with E-state index in [-0.39, 0.29) is 17.9 Å². The largest absolute Gasteiger partial charge is 0.496 e. The van der Waals surface area contributed by atoms with Crippen molar-refractivity contribution in [2.45, 2.75) is 50.3 Å². The fourth-order valence-electron chi connectivity index (χ4n) is 5.28. The van der Waals surface area contributed by atoms with Gasteiger partial charge in [-0.3, -0.25) is 4.79 Å². The number of benzene rings is 1. The summed E-state index contributed by atoms with van der Waals surface area (Å²) in [7, 11) is 1.68. The van der Waals surface area contributed by atoms with Crippen LogP contribution in [-0.4, -0.2) is 36.8 Å². The Bertz CT molecular complexity index is 822. The summed E-state index contributed by atoms with van der Waals surface area (Å²) in [6, 6.07) is 11.8. The van der Waals surface area contributed by atoms with Gasteiger partial charge < -0.3 is 24.5 Å². The lowest BCUT2D eigenvalue weighted by Gasteiger charge is -2.50. The molecule has 1 unspecified atom stereocenters. The third-order valence-corrected chi connectivity index (χ3v) is 6.69. The van der Waals surface area contributed by atoms with Gasteiger partial charge in [-0.1, -0.05) is 25.0 Å². The average Bonchev–Trinajstić information content (AvgIpc) is 3.26. The zero-order valence-electron chi connectivity index (χ0n) is 17.0. The second-order valence-electron chi connectivity index (χ2n) is 8.37. The first kappa shape index (κ1) is 20.0. The molecular formula is C23H31N2O4+. The summed E-state index contributed by atoms with van der Waals surface area (Å²) in [5.41, 5.74) is 0.451. The first-order chi connectivity index (χ1) is 14.1. The minimum Gasteiger partial charge on any atom is -0.496 e. The van der Waals surface area contributed by atoms with Crippen molar-refractivity contribution in [3.05, 3.63) is 54.0 Å². The molecule has 1 aliphatic carbocycles. The van der Waals surface area contributed by atoms with Crippen LogP contribution in [0.25, 0.3) is 0 Å². The number of carbonyl (C=O) groups is 1. The number of quaternary nitrogens is 1. The SMILES string of the molecule is COc1ccccc1[C@@H]1[C@@H]2CCCC[C@@]2(O)CC[NH+]1CC(=O)NCc1ccco1. The number of amides is 1. The number of nitrogens with one attached hydrogen (secondary N) is 2. The van der Waals surface area contributed by atoms with E-state index in [4.69, 9.17) is 9.15 Å². The molecule has 156 valence electrons. The quantitative estimate of drug-likeness (QED) is 0.693. The molecule has 6 heteroatoms. The maximum atomic E-state index is 12.7. The van der Waals surface area contributed by atoms with Gasteiger partial charge in [0, 0.05) is 12.3 Å². The lowest BCUT2D eigenvalue weighted by molar-refractivity contribution is -0.937. The Morgan fingerprint density at radius 3 is 2.93 bits per heavy atom. The van der Waals surface area contributed by atoms with Gasteiger partial charge in [0.25, 0.3) is 5.91 Å². The van der Waals surface area contributed by atoms with E-state index in [1.807, 2.05) is 30.3 Å². The van der Waals surface area contributed by atoms with Crippen LogP contribution in [-0.2, 0) is 11.3 Å². The van der Waals surface area contributed by atoms with Crippen molar-refractivity contribution < 1.29 is 24.0 Å². The Labute approximate surface area is 171 Å². The maximum Gasteiger partial charge on any atom is 0.275 e. The predicted octanol–water partition coefficient (Wildman–Crippen LogP) is 1.86. The molecule has 1 aliphatic heterocycles. The number of piperidine rings is 1. The standard InChI is InChI=1S/C23H30N2O4/c1-28-20-10-3-2-8-18(20)22-19-9-4-5-11-23(19,27)12-13-25(22)16-21(26)24-15-17-7-6-14-29-17/h2-3,6-8,10,14,19,22,27H,4-5,9,11-13,15-16H2,1H3,(H,24,26)/p+1/t19-,22+,23+/m0/s1. The third-order valence-electron chi connectivity index (χ3n) is 6.69. The van der Waals surface area contributed by atoms with Gasteiger partial charge in [-0.05, 0) is 37.1 Å². The van der Waals surface area contributed by atoms with Crippen molar-refractivity contribution >= 4 is 5.91 Å². The first-order valence-electron chi connectivity index (χ1n) is 10.6. The highest BCUT2D eigenvalue weighted by Crippen LogP contribution is 2.45. The van der Waals surface area contributed by atoms with Crippen molar-refractivity contribution in [3.8, 4) is 5.75 Å². The highest BCUT2D eigenvalue weighted by molar-refractivity contribution is 5.76. The zero-order chi connectivity index (χ0) is 20.3. The summed E-state index contributed by atoms with van der Waals surface area (Å²) in [5.74, 6) is 1.71. The van der Waals surface area contributed by atoms with Gasteiger partial charge in [-0.15, -0.1) is 0 Å². The number of carbonyl (C=O) groups excluding carboxylic acids is 1. The molecule has 0 radical (unpaired) electrons. The van der Waals surface area contributed by atoms with Gasteiger partial charge in [-0.2, -0.15) is 0 Å². The fraction of sp³-hybridized carbons (Fsp3) is 0.522. The summed E-state index contributed by atoms with van der Waals surface area (Å²) in [6.07, 6.45) is 6.38. The van der Waals surface area contributed by atoms with E-state index in [0.717, 1.165) is 55.7 Å². The van der Waals surface area contributed by atoms with Crippen LogP contribution in [0, 0.1) is 5.92 Å². The lowest BCUT2D eigenvalue weighted by Crippen LogP contribution is -3.16. The van der Waals surface area contributed by atoms with Crippen molar-refractivity contribution in [3.63, 3.8) is 0 Å². The number of hydrogen-bond acceptors (Lipinski definition) is 4. The van der Waals surface area contributed by atoms with Gasteiger partial charge >= 0.3 is 0 Å².